The fourth-order valence-corrected chi connectivity index (χ4v) is 2.88. The smallest absolute Gasteiger partial charge is 0.257 e. The van der Waals surface area contributed by atoms with Crippen LogP contribution in [0, 0.1) is 0 Å². The van der Waals surface area contributed by atoms with Gasteiger partial charge in [0.2, 0.25) is 5.91 Å². The second-order valence-electron chi connectivity index (χ2n) is 6.56. The number of hydrogen-bond donors (Lipinski definition) is 2. The zero-order valence-corrected chi connectivity index (χ0v) is 15.5. The summed E-state index contributed by atoms with van der Waals surface area (Å²) in [6.45, 7) is 0.611. The molecule has 0 saturated heterocycles. The number of nitrogen functional groups attached to an aromatic ring is 1. The van der Waals surface area contributed by atoms with Crippen molar-refractivity contribution in [2.75, 3.05) is 25.1 Å². The zero-order valence-electron chi connectivity index (χ0n) is 15.5. The molecule has 3 N–H and O–H groups in total. The van der Waals surface area contributed by atoms with Gasteiger partial charge in [0.1, 0.15) is 0 Å². The number of aromatic nitrogens is 2. The second-order valence-corrected chi connectivity index (χ2v) is 6.56. The van der Waals surface area contributed by atoms with Crippen molar-refractivity contribution >= 4 is 34.1 Å². The van der Waals surface area contributed by atoms with Gasteiger partial charge in [-0.1, -0.05) is 24.3 Å². The van der Waals surface area contributed by atoms with Gasteiger partial charge in [-0.25, -0.2) is 0 Å². The lowest BCUT2D eigenvalue weighted by Crippen LogP contribution is -2.21. The maximum absolute atomic E-state index is 12.7. The Morgan fingerprint density at radius 3 is 2.63 bits per heavy atom. The van der Waals surface area contributed by atoms with Crippen molar-refractivity contribution in [3.63, 3.8) is 0 Å². The number of aryl methyl sites for hydroxylation is 1. The minimum Gasteiger partial charge on any atom is -0.398 e. The summed E-state index contributed by atoms with van der Waals surface area (Å²) in [7, 11) is 3.48. The van der Waals surface area contributed by atoms with Gasteiger partial charge in [0.25, 0.3) is 5.91 Å². The maximum atomic E-state index is 12.7. The third kappa shape index (κ3) is 4.25. The fourth-order valence-electron chi connectivity index (χ4n) is 2.88. The number of benzene rings is 2. The van der Waals surface area contributed by atoms with Crippen LogP contribution in [-0.4, -0.2) is 40.6 Å². The van der Waals surface area contributed by atoms with E-state index < -0.39 is 0 Å². The lowest BCUT2D eigenvalue weighted by atomic mass is 10.0. The van der Waals surface area contributed by atoms with Crippen molar-refractivity contribution in [1.29, 1.82) is 0 Å². The van der Waals surface area contributed by atoms with E-state index in [1.807, 2.05) is 30.3 Å². The van der Waals surface area contributed by atoms with Gasteiger partial charge < -0.3 is 16.0 Å². The molecule has 7 nitrogen and oxygen atoms in total. The number of carbonyl (C=O) groups is 2. The van der Waals surface area contributed by atoms with Gasteiger partial charge in [0.05, 0.1) is 0 Å². The first-order valence-corrected chi connectivity index (χ1v) is 8.78. The molecule has 0 spiro atoms. The Labute approximate surface area is 157 Å². The van der Waals surface area contributed by atoms with E-state index in [2.05, 4.69) is 10.4 Å². The van der Waals surface area contributed by atoms with Crippen molar-refractivity contribution < 1.29 is 9.59 Å². The van der Waals surface area contributed by atoms with Crippen LogP contribution in [0.15, 0.2) is 48.7 Å². The van der Waals surface area contributed by atoms with E-state index in [4.69, 9.17) is 5.73 Å². The topological polar surface area (TPSA) is 93.2 Å². The summed E-state index contributed by atoms with van der Waals surface area (Å²) in [5.41, 5.74) is 7.18. The molecular weight excluding hydrogens is 342 g/mol. The Morgan fingerprint density at radius 1 is 1.11 bits per heavy atom. The summed E-state index contributed by atoms with van der Waals surface area (Å²) >= 11 is 0. The van der Waals surface area contributed by atoms with Crippen LogP contribution in [0.25, 0.3) is 10.8 Å². The molecule has 0 radical (unpaired) electrons. The molecule has 0 unspecified atom stereocenters. The van der Waals surface area contributed by atoms with Crippen LogP contribution in [-0.2, 0) is 11.3 Å². The molecule has 1 aromatic heterocycles. The Kier molecular flexibility index (Phi) is 5.40. The van der Waals surface area contributed by atoms with Crippen molar-refractivity contribution in [3.8, 4) is 0 Å². The summed E-state index contributed by atoms with van der Waals surface area (Å²) in [4.78, 5) is 25.9. The molecule has 0 aliphatic carbocycles. The number of nitrogens with zero attached hydrogens (tertiary/aromatic N) is 3. The molecular formula is C20H23N5O2. The van der Waals surface area contributed by atoms with E-state index in [1.54, 1.807) is 42.0 Å². The third-order valence-corrected chi connectivity index (χ3v) is 4.36. The Balaban J connectivity index is 1.67. The number of carbonyl (C=O) groups excluding carboxylic acids is 2. The van der Waals surface area contributed by atoms with Gasteiger partial charge >= 0.3 is 0 Å². The van der Waals surface area contributed by atoms with Crippen molar-refractivity contribution in [2.45, 2.75) is 19.4 Å². The summed E-state index contributed by atoms with van der Waals surface area (Å²) in [6, 6.07) is 12.7. The molecule has 0 aliphatic heterocycles. The quantitative estimate of drug-likeness (QED) is 0.657. The average Bonchev–Trinajstić information content (AvgIpc) is 3.08. The fraction of sp³-hybridized carbons (Fsp3) is 0.250. The number of nitrogens with one attached hydrogen (secondary N) is 1. The van der Waals surface area contributed by atoms with Crippen LogP contribution < -0.4 is 11.1 Å². The Hall–Kier alpha value is -3.35. The van der Waals surface area contributed by atoms with E-state index in [9.17, 15) is 9.59 Å². The highest BCUT2D eigenvalue weighted by molar-refractivity contribution is 6.14. The summed E-state index contributed by atoms with van der Waals surface area (Å²) in [6.07, 6.45) is 2.94. The number of amides is 2. The Morgan fingerprint density at radius 2 is 1.85 bits per heavy atom. The molecule has 0 aliphatic rings. The molecule has 0 atom stereocenters. The zero-order chi connectivity index (χ0) is 19.4. The normalized spacial score (nSPS) is 10.7. The highest BCUT2D eigenvalue weighted by atomic mass is 16.2. The van der Waals surface area contributed by atoms with Gasteiger partial charge in [0, 0.05) is 56.0 Å². The summed E-state index contributed by atoms with van der Waals surface area (Å²) in [5.74, 6) is 0.324. The van der Waals surface area contributed by atoms with Gasteiger partial charge in [-0.05, 0) is 23.9 Å². The first-order valence-electron chi connectivity index (χ1n) is 8.78. The minimum atomic E-state index is -0.237. The van der Waals surface area contributed by atoms with Crippen molar-refractivity contribution in [1.82, 2.24) is 14.7 Å². The van der Waals surface area contributed by atoms with Gasteiger partial charge in [0.15, 0.2) is 5.82 Å². The molecule has 27 heavy (non-hydrogen) atoms. The molecule has 7 heteroatoms. The lowest BCUT2D eigenvalue weighted by Gasteiger charge is -2.09. The lowest BCUT2D eigenvalue weighted by molar-refractivity contribution is -0.128. The van der Waals surface area contributed by atoms with E-state index in [0.29, 0.717) is 36.5 Å². The molecule has 0 saturated carbocycles. The number of anilines is 2. The summed E-state index contributed by atoms with van der Waals surface area (Å²) < 4.78 is 1.72. The van der Waals surface area contributed by atoms with Gasteiger partial charge in [-0.2, -0.15) is 5.10 Å². The third-order valence-electron chi connectivity index (χ3n) is 4.36. The largest absolute Gasteiger partial charge is 0.398 e. The molecule has 2 aromatic carbocycles. The van der Waals surface area contributed by atoms with Crippen LogP contribution in [0.2, 0.25) is 0 Å². The second kappa shape index (κ2) is 7.90. The first-order chi connectivity index (χ1) is 13.0. The molecule has 0 bridgehead atoms. The average molecular weight is 365 g/mol. The highest BCUT2D eigenvalue weighted by Gasteiger charge is 2.12. The molecule has 3 aromatic rings. The SMILES string of the molecule is CN(C)C(=O)CCCn1ccc(NC(=O)c2cccc3c(N)cccc23)n1. The number of hydrogen-bond acceptors (Lipinski definition) is 4. The maximum Gasteiger partial charge on any atom is 0.257 e. The van der Waals surface area contributed by atoms with E-state index >= 15 is 0 Å². The highest BCUT2D eigenvalue weighted by Crippen LogP contribution is 2.24. The summed E-state index contributed by atoms with van der Waals surface area (Å²) in [5, 5.41) is 8.82. The number of nitrogens with two attached hydrogens (primary N) is 1. The van der Waals surface area contributed by atoms with Crippen LogP contribution in [0.3, 0.4) is 0 Å². The van der Waals surface area contributed by atoms with E-state index in [0.717, 1.165) is 10.8 Å². The number of rotatable bonds is 6. The van der Waals surface area contributed by atoms with Gasteiger partial charge in [-0.3, -0.25) is 14.3 Å². The first kappa shape index (κ1) is 18.4. The van der Waals surface area contributed by atoms with E-state index in [1.165, 1.54) is 0 Å². The number of fused-ring (bicyclic) bond motifs is 1. The Bertz CT molecular complexity index is 977. The van der Waals surface area contributed by atoms with E-state index in [-0.39, 0.29) is 11.8 Å². The molecule has 1 heterocycles. The molecule has 140 valence electrons. The predicted molar refractivity (Wildman–Crippen MR) is 106 cm³/mol. The minimum absolute atomic E-state index is 0.0888. The van der Waals surface area contributed by atoms with Crippen LogP contribution in [0.4, 0.5) is 11.5 Å². The monoisotopic (exact) mass is 365 g/mol. The van der Waals surface area contributed by atoms with Crippen molar-refractivity contribution in [3.05, 3.63) is 54.2 Å². The molecule has 0 fully saturated rings. The standard InChI is InChI=1S/C20H23N5O2/c1-24(2)19(26)10-5-12-25-13-11-18(23-25)22-20(27)16-8-3-7-15-14(16)6-4-9-17(15)21/h3-4,6-9,11,13H,5,10,12,21H2,1-2H3,(H,22,23,27). The van der Waals surface area contributed by atoms with Crippen LogP contribution >= 0.6 is 0 Å². The van der Waals surface area contributed by atoms with Crippen molar-refractivity contribution in [2.24, 2.45) is 0 Å². The van der Waals surface area contributed by atoms with Gasteiger partial charge in [-0.15, -0.1) is 0 Å². The molecule has 2 amide bonds. The predicted octanol–water partition coefficient (Wildman–Crippen LogP) is 2.74. The van der Waals surface area contributed by atoms with Crippen LogP contribution in [0.5, 0.6) is 0 Å². The molecule has 3 rings (SSSR count). The van der Waals surface area contributed by atoms with Crippen LogP contribution in [0.1, 0.15) is 23.2 Å².